The van der Waals surface area contributed by atoms with Crippen LogP contribution in [-0.2, 0) is 12.8 Å². The van der Waals surface area contributed by atoms with E-state index in [1.54, 1.807) is 11.3 Å². The van der Waals surface area contributed by atoms with Crippen LogP contribution in [0.1, 0.15) is 22.4 Å². The minimum atomic E-state index is 0.510. The Bertz CT molecular complexity index is 504. The third-order valence-corrected chi connectivity index (χ3v) is 4.64. The van der Waals surface area contributed by atoms with Crippen molar-refractivity contribution in [3.8, 4) is 0 Å². The van der Waals surface area contributed by atoms with Crippen molar-refractivity contribution in [1.29, 1.82) is 0 Å². The number of nitrogens with one attached hydrogen (secondary N) is 1. The van der Waals surface area contributed by atoms with E-state index < -0.39 is 0 Å². The van der Waals surface area contributed by atoms with E-state index in [9.17, 15) is 0 Å². The topological polar surface area (TPSA) is 12.0 Å². The molecule has 102 valence electrons. The number of benzene rings is 1. The number of rotatable bonds is 6. The highest BCUT2D eigenvalue weighted by Gasteiger charge is 2.09. The minimum absolute atomic E-state index is 0.510. The second kappa shape index (κ2) is 7.09. The van der Waals surface area contributed by atoms with Gasteiger partial charge in [-0.25, -0.2) is 0 Å². The van der Waals surface area contributed by atoms with Crippen LogP contribution in [0.2, 0.25) is 4.34 Å². The first kappa shape index (κ1) is 14.6. The van der Waals surface area contributed by atoms with E-state index in [2.05, 4.69) is 42.6 Å². The molecule has 0 amide bonds. The number of hydrogen-bond donors (Lipinski definition) is 1. The van der Waals surface area contributed by atoms with Crippen molar-refractivity contribution in [1.82, 2.24) is 5.32 Å². The van der Waals surface area contributed by atoms with Crippen molar-refractivity contribution in [2.45, 2.75) is 32.2 Å². The van der Waals surface area contributed by atoms with Crippen LogP contribution in [0.5, 0.6) is 0 Å². The molecule has 3 heteroatoms. The standard InChI is InChI=1S/C16H20ClNS/c1-12-3-5-13(6-4-12)7-8-14(18-2)11-15-9-10-16(17)19-15/h3-6,9-10,14,18H,7-8,11H2,1-2H3. The molecule has 1 aromatic carbocycles. The zero-order valence-electron chi connectivity index (χ0n) is 11.4. The van der Waals surface area contributed by atoms with Crippen LogP contribution < -0.4 is 5.32 Å². The van der Waals surface area contributed by atoms with Gasteiger partial charge in [0.25, 0.3) is 0 Å². The molecular formula is C16H20ClNS. The molecule has 0 radical (unpaired) electrons. The summed E-state index contributed by atoms with van der Waals surface area (Å²) in [6.07, 6.45) is 3.32. The smallest absolute Gasteiger partial charge is 0.0931 e. The third kappa shape index (κ3) is 4.64. The van der Waals surface area contributed by atoms with Crippen molar-refractivity contribution in [2.75, 3.05) is 7.05 Å². The molecule has 0 fully saturated rings. The van der Waals surface area contributed by atoms with E-state index in [1.807, 2.05) is 13.1 Å². The Balaban J connectivity index is 1.87. The van der Waals surface area contributed by atoms with Gasteiger partial charge in [-0.05, 0) is 50.9 Å². The molecule has 0 bridgehead atoms. The van der Waals surface area contributed by atoms with E-state index in [-0.39, 0.29) is 0 Å². The third-order valence-electron chi connectivity index (χ3n) is 3.39. The zero-order chi connectivity index (χ0) is 13.7. The lowest BCUT2D eigenvalue weighted by Gasteiger charge is -2.15. The highest BCUT2D eigenvalue weighted by molar-refractivity contribution is 7.16. The lowest BCUT2D eigenvalue weighted by Crippen LogP contribution is -2.27. The maximum absolute atomic E-state index is 5.97. The normalized spacial score (nSPS) is 12.6. The molecule has 0 saturated carbocycles. The molecule has 0 aliphatic rings. The van der Waals surface area contributed by atoms with Gasteiger partial charge < -0.3 is 5.32 Å². The largest absolute Gasteiger partial charge is 0.317 e. The highest BCUT2D eigenvalue weighted by Crippen LogP contribution is 2.23. The molecule has 1 atom stereocenters. The molecule has 1 N–H and O–H groups in total. The van der Waals surface area contributed by atoms with Crippen molar-refractivity contribution in [3.05, 3.63) is 56.7 Å². The first-order chi connectivity index (χ1) is 9.17. The lowest BCUT2D eigenvalue weighted by atomic mass is 10.0. The monoisotopic (exact) mass is 293 g/mol. The van der Waals surface area contributed by atoms with Gasteiger partial charge in [0.15, 0.2) is 0 Å². The van der Waals surface area contributed by atoms with Crippen LogP contribution in [-0.4, -0.2) is 13.1 Å². The fourth-order valence-corrected chi connectivity index (χ4v) is 3.32. The molecule has 1 heterocycles. The summed E-state index contributed by atoms with van der Waals surface area (Å²) in [6, 6.07) is 13.4. The van der Waals surface area contributed by atoms with Gasteiger partial charge in [-0.3, -0.25) is 0 Å². The fourth-order valence-electron chi connectivity index (χ4n) is 2.15. The summed E-state index contributed by atoms with van der Waals surface area (Å²) in [6.45, 7) is 2.13. The van der Waals surface area contributed by atoms with Crippen LogP contribution in [0.25, 0.3) is 0 Å². The molecule has 1 nitrogen and oxygen atoms in total. The first-order valence-corrected chi connectivity index (χ1v) is 7.84. The van der Waals surface area contributed by atoms with Gasteiger partial charge in [0.1, 0.15) is 0 Å². The molecule has 0 aliphatic heterocycles. The van der Waals surface area contributed by atoms with E-state index in [0.29, 0.717) is 6.04 Å². The Kier molecular flexibility index (Phi) is 5.44. The van der Waals surface area contributed by atoms with Crippen LogP contribution in [0.4, 0.5) is 0 Å². The predicted molar refractivity (Wildman–Crippen MR) is 85.4 cm³/mol. The molecule has 0 saturated heterocycles. The average Bonchev–Trinajstić information content (AvgIpc) is 2.82. The SMILES string of the molecule is CNC(CCc1ccc(C)cc1)Cc1ccc(Cl)s1. The van der Waals surface area contributed by atoms with Gasteiger partial charge in [-0.15, -0.1) is 11.3 Å². The number of aryl methyl sites for hydroxylation is 2. The summed E-state index contributed by atoms with van der Waals surface area (Å²) >= 11 is 7.65. The van der Waals surface area contributed by atoms with Gasteiger partial charge >= 0.3 is 0 Å². The fraction of sp³-hybridized carbons (Fsp3) is 0.375. The Hall–Kier alpha value is -0.830. The summed E-state index contributed by atoms with van der Waals surface area (Å²) < 4.78 is 0.878. The molecule has 2 rings (SSSR count). The van der Waals surface area contributed by atoms with Crippen LogP contribution in [0, 0.1) is 6.92 Å². The minimum Gasteiger partial charge on any atom is -0.317 e. The second-order valence-electron chi connectivity index (χ2n) is 4.92. The maximum atomic E-state index is 5.97. The van der Waals surface area contributed by atoms with Gasteiger partial charge in [0, 0.05) is 10.9 Å². The Morgan fingerprint density at radius 2 is 1.89 bits per heavy atom. The molecule has 1 unspecified atom stereocenters. The first-order valence-electron chi connectivity index (χ1n) is 6.64. The van der Waals surface area contributed by atoms with E-state index in [0.717, 1.165) is 23.6 Å². The summed E-state index contributed by atoms with van der Waals surface area (Å²) in [5, 5.41) is 3.41. The maximum Gasteiger partial charge on any atom is 0.0931 e. The van der Waals surface area contributed by atoms with E-state index in [1.165, 1.54) is 16.0 Å². The van der Waals surface area contributed by atoms with Gasteiger partial charge in [0.05, 0.1) is 4.34 Å². The Labute approximate surface area is 124 Å². The molecule has 2 aromatic rings. The van der Waals surface area contributed by atoms with Crippen molar-refractivity contribution in [2.24, 2.45) is 0 Å². The van der Waals surface area contributed by atoms with Gasteiger partial charge in [-0.2, -0.15) is 0 Å². The van der Waals surface area contributed by atoms with Crippen molar-refractivity contribution < 1.29 is 0 Å². The zero-order valence-corrected chi connectivity index (χ0v) is 13.0. The summed E-state index contributed by atoms with van der Waals surface area (Å²) in [7, 11) is 2.04. The van der Waals surface area contributed by atoms with E-state index >= 15 is 0 Å². The lowest BCUT2D eigenvalue weighted by molar-refractivity contribution is 0.523. The van der Waals surface area contributed by atoms with Crippen molar-refractivity contribution >= 4 is 22.9 Å². The summed E-state index contributed by atoms with van der Waals surface area (Å²) in [5.74, 6) is 0. The number of likely N-dealkylation sites (N-methyl/N-ethyl adjacent to an activating group) is 1. The summed E-state index contributed by atoms with van der Waals surface area (Å²) in [5.41, 5.74) is 2.73. The van der Waals surface area contributed by atoms with Gasteiger partial charge in [-0.1, -0.05) is 41.4 Å². The molecule has 1 aromatic heterocycles. The van der Waals surface area contributed by atoms with Crippen LogP contribution >= 0.6 is 22.9 Å². The highest BCUT2D eigenvalue weighted by atomic mass is 35.5. The average molecular weight is 294 g/mol. The Morgan fingerprint density at radius 3 is 2.47 bits per heavy atom. The van der Waals surface area contributed by atoms with Crippen molar-refractivity contribution in [3.63, 3.8) is 0 Å². The predicted octanol–water partition coefficient (Wildman–Crippen LogP) is 4.47. The quantitative estimate of drug-likeness (QED) is 0.828. The van der Waals surface area contributed by atoms with Gasteiger partial charge in [0.2, 0.25) is 0 Å². The molecule has 0 aliphatic carbocycles. The molecule has 0 spiro atoms. The van der Waals surface area contributed by atoms with E-state index in [4.69, 9.17) is 11.6 Å². The summed E-state index contributed by atoms with van der Waals surface area (Å²) in [4.78, 5) is 1.35. The van der Waals surface area contributed by atoms with Crippen LogP contribution in [0.15, 0.2) is 36.4 Å². The molecular weight excluding hydrogens is 274 g/mol. The van der Waals surface area contributed by atoms with Crippen LogP contribution in [0.3, 0.4) is 0 Å². The molecule has 19 heavy (non-hydrogen) atoms. The number of hydrogen-bond acceptors (Lipinski definition) is 2. The number of halogens is 1. The Morgan fingerprint density at radius 1 is 1.16 bits per heavy atom. The number of thiophene rings is 1. The second-order valence-corrected chi connectivity index (χ2v) is 6.72.